The quantitative estimate of drug-likeness (QED) is 0.328. The molecule has 0 unspecified atom stereocenters. The average molecular weight is 499 g/mol. The molecule has 2 aromatic rings. The summed E-state index contributed by atoms with van der Waals surface area (Å²) in [5, 5.41) is 15.3. The van der Waals surface area contributed by atoms with Crippen LogP contribution in [0.5, 0.6) is 0 Å². The van der Waals surface area contributed by atoms with E-state index in [9.17, 15) is 9.59 Å². The molecule has 0 aliphatic heterocycles. The SMILES string of the molecule is Cc1cc(C)c(NC(=O)C(=CC(=N)Br)[NH2+]c2ncccc2C2CC2)c(C(=O)NC(C)C)c1. The highest BCUT2D eigenvalue weighted by Gasteiger charge is 2.30. The van der Waals surface area contributed by atoms with Gasteiger partial charge in [-0.25, -0.2) is 4.98 Å². The molecular weight excluding hydrogens is 470 g/mol. The molecule has 3 rings (SSSR count). The number of nitrogens with one attached hydrogen (secondary N) is 3. The van der Waals surface area contributed by atoms with Gasteiger partial charge in [0.25, 0.3) is 5.91 Å². The second kappa shape index (κ2) is 10.2. The summed E-state index contributed by atoms with van der Waals surface area (Å²) in [6.45, 7) is 7.55. The van der Waals surface area contributed by atoms with Crippen LogP contribution in [0.4, 0.5) is 11.5 Å². The van der Waals surface area contributed by atoms with Crippen LogP contribution < -0.4 is 16.0 Å². The number of aromatic nitrogens is 1. The van der Waals surface area contributed by atoms with Crippen molar-refractivity contribution in [2.45, 2.75) is 52.5 Å². The van der Waals surface area contributed by atoms with Gasteiger partial charge in [0.1, 0.15) is 4.62 Å². The lowest BCUT2D eigenvalue weighted by Crippen LogP contribution is -2.79. The summed E-state index contributed by atoms with van der Waals surface area (Å²) < 4.78 is 0.0706. The van der Waals surface area contributed by atoms with Crippen LogP contribution in [-0.4, -0.2) is 27.5 Å². The van der Waals surface area contributed by atoms with Crippen molar-refractivity contribution < 1.29 is 14.9 Å². The van der Waals surface area contributed by atoms with E-state index in [0.717, 1.165) is 35.3 Å². The first-order valence-electron chi connectivity index (χ1n) is 10.6. The van der Waals surface area contributed by atoms with Crippen molar-refractivity contribution in [2.24, 2.45) is 0 Å². The number of nitrogens with zero attached hydrogens (tertiary/aromatic N) is 1. The maximum absolute atomic E-state index is 13.3. The number of rotatable bonds is 8. The molecule has 168 valence electrons. The zero-order valence-corrected chi connectivity index (χ0v) is 20.3. The Labute approximate surface area is 196 Å². The Morgan fingerprint density at radius 1 is 1.28 bits per heavy atom. The standard InChI is InChI=1S/C24H28BrN5O2/c1-13(2)28-23(31)18-11-14(3)10-15(4)21(18)30-24(32)19(12-20(25)26)29-22-17(16-7-8-16)6-5-9-27-22/h5-6,9-13,16,26H,7-8H2,1-4H3,(H,27,29)(H,28,31)(H,30,32)/p+1. The first-order chi connectivity index (χ1) is 15.2. The van der Waals surface area contributed by atoms with E-state index in [2.05, 4.69) is 31.5 Å². The molecule has 1 saturated carbocycles. The fourth-order valence-electron chi connectivity index (χ4n) is 3.58. The molecule has 0 bridgehead atoms. The maximum Gasteiger partial charge on any atom is 0.310 e. The topological polar surface area (TPSA) is 112 Å². The van der Waals surface area contributed by atoms with E-state index < -0.39 is 5.91 Å². The Balaban J connectivity index is 1.93. The van der Waals surface area contributed by atoms with Gasteiger partial charge in [-0.2, -0.15) is 0 Å². The fraction of sp³-hybridized carbons (Fsp3) is 0.333. The number of nitrogens with two attached hydrogens (primary N) is 1. The van der Waals surface area contributed by atoms with E-state index in [4.69, 9.17) is 5.41 Å². The summed E-state index contributed by atoms with van der Waals surface area (Å²) in [4.78, 5) is 30.5. The number of aryl methyl sites for hydroxylation is 2. The Bertz CT molecular complexity index is 1090. The number of carbonyl (C=O) groups is 2. The van der Waals surface area contributed by atoms with Crippen LogP contribution >= 0.6 is 15.9 Å². The Kier molecular flexibility index (Phi) is 7.58. The van der Waals surface area contributed by atoms with Crippen LogP contribution in [-0.2, 0) is 4.79 Å². The van der Waals surface area contributed by atoms with Crippen molar-refractivity contribution in [3.8, 4) is 0 Å². The minimum absolute atomic E-state index is 0.0328. The number of hydrogen-bond donors (Lipinski definition) is 4. The van der Waals surface area contributed by atoms with Crippen molar-refractivity contribution in [3.63, 3.8) is 0 Å². The van der Waals surface area contributed by atoms with Crippen molar-refractivity contribution in [1.29, 1.82) is 5.41 Å². The number of halogens is 1. The molecule has 8 heteroatoms. The summed E-state index contributed by atoms with van der Waals surface area (Å²) in [6.07, 6.45) is 5.37. The van der Waals surface area contributed by atoms with Gasteiger partial charge in [0, 0.05) is 23.9 Å². The third-order valence-corrected chi connectivity index (χ3v) is 5.34. The van der Waals surface area contributed by atoms with Gasteiger partial charge in [-0.15, -0.1) is 0 Å². The van der Waals surface area contributed by atoms with Crippen LogP contribution in [0, 0.1) is 19.3 Å². The van der Waals surface area contributed by atoms with Gasteiger partial charge in [0.05, 0.1) is 11.3 Å². The molecule has 0 radical (unpaired) electrons. The van der Waals surface area contributed by atoms with Crippen LogP contribution in [0.2, 0.25) is 0 Å². The smallest absolute Gasteiger partial charge is 0.310 e. The monoisotopic (exact) mass is 498 g/mol. The molecule has 7 nitrogen and oxygen atoms in total. The normalized spacial score (nSPS) is 13.8. The molecule has 1 aromatic carbocycles. The minimum Gasteiger partial charge on any atom is -0.350 e. The summed E-state index contributed by atoms with van der Waals surface area (Å²) in [6, 6.07) is 7.59. The highest BCUT2D eigenvalue weighted by Crippen LogP contribution is 2.41. The number of amides is 2. The molecule has 1 aromatic heterocycles. The van der Waals surface area contributed by atoms with Crippen LogP contribution in [0.1, 0.15) is 59.7 Å². The highest BCUT2D eigenvalue weighted by molar-refractivity contribution is 9.18. The molecule has 2 amide bonds. The summed E-state index contributed by atoms with van der Waals surface area (Å²) >= 11 is 3.11. The van der Waals surface area contributed by atoms with E-state index in [1.54, 1.807) is 17.6 Å². The van der Waals surface area contributed by atoms with Crippen molar-refractivity contribution in [2.75, 3.05) is 5.32 Å². The van der Waals surface area contributed by atoms with E-state index in [1.165, 1.54) is 6.08 Å². The molecule has 0 atom stereocenters. The molecular formula is C24H29BrN5O2+. The molecule has 1 aliphatic rings. The Morgan fingerprint density at radius 2 is 2.00 bits per heavy atom. The number of benzene rings is 1. The van der Waals surface area contributed by atoms with Crippen LogP contribution in [0.25, 0.3) is 0 Å². The van der Waals surface area contributed by atoms with Gasteiger partial charge in [-0.3, -0.25) is 20.3 Å². The number of allylic oxidation sites excluding steroid dienone is 1. The van der Waals surface area contributed by atoms with Gasteiger partial charge in [-0.05, 0) is 91.7 Å². The lowest BCUT2D eigenvalue weighted by molar-refractivity contribution is -0.515. The highest BCUT2D eigenvalue weighted by atomic mass is 79.9. The Morgan fingerprint density at radius 3 is 2.62 bits per heavy atom. The second-order valence-corrected chi connectivity index (χ2v) is 9.29. The molecule has 1 fully saturated rings. The van der Waals surface area contributed by atoms with Gasteiger partial charge >= 0.3 is 5.91 Å². The summed E-state index contributed by atoms with van der Waals surface area (Å²) in [5.41, 5.74) is 3.98. The molecule has 5 N–H and O–H groups in total. The number of quaternary nitrogens is 1. The van der Waals surface area contributed by atoms with E-state index in [1.807, 2.05) is 45.9 Å². The lowest BCUT2D eigenvalue weighted by atomic mass is 10.0. The minimum atomic E-state index is -0.410. The fourth-order valence-corrected chi connectivity index (χ4v) is 3.83. The average Bonchev–Trinajstić information content (AvgIpc) is 3.54. The largest absolute Gasteiger partial charge is 0.350 e. The van der Waals surface area contributed by atoms with Gasteiger partial charge < -0.3 is 10.6 Å². The number of anilines is 1. The predicted molar refractivity (Wildman–Crippen MR) is 130 cm³/mol. The van der Waals surface area contributed by atoms with Crippen LogP contribution in [0.3, 0.4) is 0 Å². The van der Waals surface area contributed by atoms with Gasteiger partial charge in [0.15, 0.2) is 0 Å². The maximum atomic E-state index is 13.3. The predicted octanol–water partition coefficient (Wildman–Crippen LogP) is 3.80. The first kappa shape index (κ1) is 23.8. The van der Waals surface area contributed by atoms with E-state index >= 15 is 0 Å². The number of hydrogen-bond acceptors (Lipinski definition) is 4. The van der Waals surface area contributed by atoms with E-state index in [-0.39, 0.29) is 22.3 Å². The molecule has 32 heavy (non-hydrogen) atoms. The van der Waals surface area contributed by atoms with Crippen molar-refractivity contribution in [3.05, 3.63) is 64.5 Å². The third kappa shape index (κ3) is 6.11. The lowest BCUT2D eigenvalue weighted by Gasteiger charge is -2.17. The molecule has 1 heterocycles. The van der Waals surface area contributed by atoms with Crippen LogP contribution in [0.15, 0.2) is 42.2 Å². The van der Waals surface area contributed by atoms with Crippen molar-refractivity contribution >= 4 is 43.9 Å². The third-order valence-electron chi connectivity index (χ3n) is 5.11. The Hall–Kier alpha value is -2.84. The molecule has 0 saturated heterocycles. The zero-order chi connectivity index (χ0) is 23.4. The second-order valence-electron chi connectivity index (χ2n) is 8.43. The zero-order valence-electron chi connectivity index (χ0n) is 18.8. The first-order valence-corrected chi connectivity index (χ1v) is 11.4. The van der Waals surface area contributed by atoms with Gasteiger partial charge in [0.2, 0.25) is 11.5 Å². The number of carbonyl (C=O) groups excluding carboxylic acids is 2. The summed E-state index contributed by atoms with van der Waals surface area (Å²) in [7, 11) is 0. The molecule has 0 spiro atoms. The molecule has 1 aliphatic carbocycles. The number of pyridine rings is 1. The van der Waals surface area contributed by atoms with E-state index in [0.29, 0.717) is 17.2 Å². The van der Waals surface area contributed by atoms with Gasteiger partial charge in [-0.1, -0.05) is 6.07 Å². The van der Waals surface area contributed by atoms with Crippen molar-refractivity contribution in [1.82, 2.24) is 10.3 Å². The summed E-state index contributed by atoms with van der Waals surface area (Å²) in [5.74, 6) is 0.537.